The molecule has 0 aliphatic rings. The number of aryl methyl sites for hydroxylation is 1. The van der Waals surface area contributed by atoms with Crippen molar-refractivity contribution in [2.24, 2.45) is 0 Å². The molecule has 0 fully saturated rings. The van der Waals surface area contributed by atoms with Gasteiger partial charge in [-0.2, -0.15) is 0 Å². The molecule has 2 rings (SSSR count). The summed E-state index contributed by atoms with van der Waals surface area (Å²) in [4.78, 5) is 23.8. The number of carbonyl (C=O) groups excluding carboxylic acids is 2. The molecule has 0 radical (unpaired) electrons. The van der Waals surface area contributed by atoms with Gasteiger partial charge >= 0.3 is 11.9 Å². The molecule has 0 bridgehead atoms. The van der Waals surface area contributed by atoms with Crippen molar-refractivity contribution in [3.8, 4) is 5.75 Å². The van der Waals surface area contributed by atoms with Crippen LogP contribution in [-0.4, -0.2) is 37.5 Å². The molecule has 2 aromatic rings. The standard InChI is InChI=1S/C19H21NO6S/c1-12-5-7-15(14(9-12)19(22)26-4)20-27(23)17-10-13(11-18(21)25-3)6-8-16(17)24-2/h5-10,20H,11H2,1-4H3. The van der Waals surface area contributed by atoms with Crippen LogP contribution in [0.5, 0.6) is 5.75 Å². The van der Waals surface area contributed by atoms with Crippen LogP contribution in [0.1, 0.15) is 21.5 Å². The molecule has 27 heavy (non-hydrogen) atoms. The number of ether oxygens (including phenoxy) is 3. The van der Waals surface area contributed by atoms with Crippen LogP contribution in [0.3, 0.4) is 0 Å². The Kier molecular flexibility index (Phi) is 6.95. The van der Waals surface area contributed by atoms with Gasteiger partial charge in [-0.05, 0) is 36.8 Å². The van der Waals surface area contributed by atoms with Gasteiger partial charge in [0.2, 0.25) is 0 Å². The highest BCUT2D eigenvalue weighted by Crippen LogP contribution is 2.27. The third kappa shape index (κ3) is 5.07. The van der Waals surface area contributed by atoms with Crippen molar-refractivity contribution < 1.29 is 28.0 Å². The molecule has 7 nitrogen and oxygen atoms in total. The second kappa shape index (κ2) is 9.18. The van der Waals surface area contributed by atoms with Crippen molar-refractivity contribution in [3.63, 3.8) is 0 Å². The number of methoxy groups -OCH3 is 3. The Bertz CT molecular complexity index is 880. The molecule has 8 heteroatoms. The van der Waals surface area contributed by atoms with Gasteiger partial charge in [0.25, 0.3) is 0 Å². The first-order valence-corrected chi connectivity index (χ1v) is 9.15. The largest absolute Gasteiger partial charge is 0.495 e. The number of benzene rings is 2. The van der Waals surface area contributed by atoms with Crippen LogP contribution < -0.4 is 9.46 Å². The van der Waals surface area contributed by atoms with Gasteiger partial charge in [0, 0.05) is 0 Å². The molecule has 0 aliphatic heterocycles. The summed E-state index contributed by atoms with van der Waals surface area (Å²) in [5.74, 6) is -0.554. The molecule has 0 spiro atoms. The summed E-state index contributed by atoms with van der Waals surface area (Å²) in [6.07, 6.45) is 0.0443. The number of hydrogen-bond donors (Lipinski definition) is 1. The van der Waals surface area contributed by atoms with Crippen molar-refractivity contribution in [1.29, 1.82) is 0 Å². The van der Waals surface area contributed by atoms with Crippen molar-refractivity contribution in [3.05, 3.63) is 53.1 Å². The summed E-state index contributed by atoms with van der Waals surface area (Å²) in [6, 6.07) is 10.0. The van der Waals surface area contributed by atoms with E-state index < -0.39 is 22.9 Å². The maximum absolute atomic E-state index is 12.9. The van der Waals surface area contributed by atoms with E-state index >= 15 is 0 Å². The first-order valence-electron chi connectivity index (χ1n) is 8.00. The van der Waals surface area contributed by atoms with Gasteiger partial charge in [0.15, 0.2) is 11.0 Å². The Labute approximate surface area is 160 Å². The molecule has 144 valence electrons. The Morgan fingerprint density at radius 1 is 1.04 bits per heavy atom. The number of anilines is 1. The van der Waals surface area contributed by atoms with Gasteiger partial charge in [-0.25, -0.2) is 9.00 Å². The third-order valence-corrected chi connectivity index (χ3v) is 4.91. The SMILES string of the molecule is COC(=O)Cc1ccc(OC)c(S(=O)Nc2ccc(C)cc2C(=O)OC)c1. The van der Waals surface area contributed by atoms with Crippen LogP contribution in [0.15, 0.2) is 41.3 Å². The van der Waals surface area contributed by atoms with Crippen LogP contribution in [0.25, 0.3) is 0 Å². The molecule has 0 saturated heterocycles. The minimum Gasteiger partial charge on any atom is -0.495 e. The highest BCUT2D eigenvalue weighted by Gasteiger charge is 2.18. The average Bonchev–Trinajstić information content (AvgIpc) is 2.68. The third-order valence-electron chi connectivity index (χ3n) is 3.79. The predicted octanol–water partition coefficient (Wildman–Crippen LogP) is 2.64. The van der Waals surface area contributed by atoms with Crippen LogP contribution in [0.4, 0.5) is 5.69 Å². The van der Waals surface area contributed by atoms with Gasteiger partial charge < -0.3 is 18.9 Å². The van der Waals surface area contributed by atoms with Gasteiger partial charge in [-0.3, -0.25) is 4.79 Å². The predicted molar refractivity (Wildman–Crippen MR) is 101 cm³/mol. The Balaban J connectivity index is 2.36. The molecule has 0 heterocycles. The highest BCUT2D eigenvalue weighted by atomic mass is 32.2. The molecular formula is C19H21NO6S. The van der Waals surface area contributed by atoms with E-state index in [-0.39, 0.29) is 12.0 Å². The lowest BCUT2D eigenvalue weighted by Gasteiger charge is -2.14. The number of esters is 2. The molecule has 0 aromatic heterocycles. The van der Waals surface area contributed by atoms with E-state index in [9.17, 15) is 13.8 Å². The normalized spacial score (nSPS) is 11.4. The fourth-order valence-electron chi connectivity index (χ4n) is 2.40. The van der Waals surface area contributed by atoms with Gasteiger partial charge in [-0.1, -0.05) is 17.7 Å². The number of nitrogens with one attached hydrogen (secondary N) is 1. The van der Waals surface area contributed by atoms with Crippen LogP contribution in [0, 0.1) is 6.92 Å². The first kappa shape index (κ1) is 20.4. The fourth-order valence-corrected chi connectivity index (χ4v) is 3.48. The van der Waals surface area contributed by atoms with Gasteiger partial charge in [0.1, 0.15) is 10.6 Å². The summed E-state index contributed by atoms with van der Waals surface area (Å²) < 4.78 is 30.4. The summed E-state index contributed by atoms with van der Waals surface area (Å²) in [5.41, 5.74) is 2.14. The lowest BCUT2D eigenvalue weighted by atomic mass is 10.1. The second-order valence-corrected chi connectivity index (χ2v) is 6.83. The summed E-state index contributed by atoms with van der Waals surface area (Å²) in [7, 11) is 2.30. The van der Waals surface area contributed by atoms with E-state index in [0.29, 0.717) is 21.9 Å². The van der Waals surface area contributed by atoms with Gasteiger partial charge in [0.05, 0.1) is 39.0 Å². The van der Waals surface area contributed by atoms with Crippen molar-refractivity contribution in [2.45, 2.75) is 18.2 Å². The first-order chi connectivity index (χ1) is 12.9. The van der Waals surface area contributed by atoms with Crippen molar-refractivity contribution >= 4 is 28.6 Å². The topological polar surface area (TPSA) is 90.9 Å². The molecule has 1 unspecified atom stereocenters. The molecule has 2 aromatic carbocycles. The van der Waals surface area contributed by atoms with Crippen LogP contribution in [0.2, 0.25) is 0 Å². The quantitative estimate of drug-likeness (QED) is 0.730. The smallest absolute Gasteiger partial charge is 0.340 e. The van der Waals surface area contributed by atoms with E-state index in [1.165, 1.54) is 21.3 Å². The summed E-state index contributed by atoms with van der Waals surface area (Å²) in [5, 5.41) is 0. The zero-order valence-corrected chi connectivity index (χ0v) is 16.3. The maximum Gasteiger partial charge on any atom is 0.340 e. The molecule has 0 saturated carbocycles. The van der Waals surface area contributed by atoms with E-state index in [0.717, 1.165) is 5.56 Å². The van der Waals surface area contributed by atoms with Crippen molar-refractivity contribution in [2.75, 3.05) is 26.1 Å². The number of hydrogen-bond acceptors (Lipinski definition) is 6. The van der Waals surface area contributed by atoms with E-state index in [1.807, 2.05) is 6.92 Å². The fraction of sp³-hybridized carbons (Fsp3) is 0.263. The monoisotopic (exact) mass is 391 g/mol. The number of carbonyl (C=O) groups is 2. The van der Waals surface area contributed by atoms with Crippen LogP contribution in [-0.2, 0) is 31.7 Å². The molecule has 0 amide bonds. The van der Waals surface area contributed by atoms with Gasteiger partial charge in [-0.15, -0.1) is 0 Å². The van der Waals surface area contributed by atoms with E-state index in [2.05, 4.69) is 9.46 Å². The summed E-state index contributed by atoms with van der Waals surface area (Å²) in [6.45, 7) is 1.84. The lowest BCUT2D eigenvalue weighted by Crippen LogP contribution is -2.12. The zero-order chi connectivity index (χ0) is 20.0. The Hall–Kier alpha value is -2.87. The van der Waals surface area contributed by atoms with E-state index in [4.69, 9.17) is 9.47 Å². The minimum atomic E-state index is -1.74. The minimum absolute atomic E-state index is 0.0443. The zero-order valence-electron chi connectivity index (χ0n) is 15.5. The second-order valence-electron chi connectivity index (χ2n) is 5.65. The highest BCUT2D eigenvalue weighted by molar-refractivity contribution is 7.86. The lowest BCUT2D eigenvalue weighted by molar-refractivity contribution is -0.139. The Morgan fingerprint density at radius 2 is 1.78 bits per heavy atom. The van der Waals surface area contributed by atoms with Crippen LogP contribution >= 0.6 is 0 Å². The van der Waals surface area contributed by atoms with Crippen molar-refractivity contribution in [1.82, 2.24) is 0 Å². The molecule has 1 atom stereocenters. The average molecular weight is 391 g/mol. The Morgan fingerprint density at radius 3 is 2.41 bits per heavy atom. The number of rotatable bonds is 7. The molecular weight excluding hydrogens is 370 g/mol. The van der Waals surface area contributed by atoms with E-state index in [1.54, 1.807) is 36.4 Å². The summed E-state index contributed by atoms with van der Waals surface area (Å²) >= 11 is 0. The maximum atomic E-state index is 12.9. The molecule has 0 aliphatic carbocycles. The molecule has 1 N–H and O–H groups in total.